The SMILES string of the molecule is CCC(CNC(=O)NCCN(C(C)C)C(C)C)CC(=O)O. The summed E-state index contributed by atoms with van der Waals surface area (Å²) in [4.78, 5) is 24.6. The molecule has 2 amide bonds. The molecule has 1 atom stereocenters. The Kier molecular flexibility index (Phi) is 9.78. The molecule has 0 aliphatic heterocycles. The average molecular weight is 301 g/mol. The number of nitrogens with one attached hydrogen (secondary N) is 2. The minimum absolute atomic E-state index is 0.0175. The number of carboxylic acid groups (broad SMARTS) is 1. The molecule has 0 saturated carbocycles. The molecule has 0 bridgehead atoms. The summed E-state index contributed by atoms with van der Waals surface area (Å²) in [5, 5.41) is 14.3. The van der Waals surface area contributed by atoms with E-state index < -0.39 is 5.97 Å². The fraction of sp³-hybridized carbons (Fsp3) is 0.867. The quantitative estimate of drug-likeness (QED) is 0.575. The van der Waals surface area contributed by atoms with Crippen molar-refractivity contribution in [3.63, 3.8) is 0 Å². The summed E-state index contributed by atoms with van der Waals surface area (Å²) in [6.45, 7) is 12.3. The van der Waals surface area contributed by atoms with Crippen molar-refractivity contribution < 1.29 is 14.7 Å². The summed E-state index contributed by atoms with van der Waals surface area (Å²) in [6, 6.07) is 0.649. The maximum Gasteiger partial charge on any atom is 0.314 e. The third kappa shape index (κ3) is 9.28. The maximum absolute atomic E-state index is 11.7. The van der Waals surface area contributed by atoms with Gasteiger partial charge in [-0.1, -0.05) is 13.3 Å². The molecule has 1 unspecified atom stereocenters. The lowest BCUT2D eigenvalue weighted by atomic mass is 10.0. The van der Waals surface area contributed by atoms with Gasteiger partial charge in [0.15, 0.2) is 0 Å². The number of nitrogens with zero attached hydrogens (tertiary/aromatic N) is 1. The highest BCUT2D eigenvalue weighted by molar-refractivity contribution is 5.74. The van der Waals surface area contributed by atoms with Crippen LogP contribution in [0.25, 0.3) is 0 Å². The Balaban J connectivity index is 3.96. The lowest BCUT2D eigenvalue weighted by molar-refractivity contribution is -0.138. The number of carbonyl (C=O) groups excluding carboxylic acids is 1. The van der Waals surface area contributed by atoms with Crippen LogP contribution in [0.5, 0.6) is 0 Å². The average Bonchev–Trinajstić information content (AvgIpc) is 2.38. The van der Waals surface area contributed by atoms with E-state index in [4.69, 9.17) is 5.11 Å². The van der Waals surface area contributed by atoms with Gasteiger partial charge >= 0.3 is 12.0 Å². The van der Waals surface area contributed by atoms with E-state index in [9.17, 15) is 9.59 Å². The Labute approximate surface area is 128 Å². The molecular weight excluding hydrogens is 270 g/mol. The number of aliphatic carboxylic acids is 1. The molecule has 0 radical (unpaired) electrons. The summed E-state index contributed by atoms with van der Waals surface area (Å²) >= 11 is 0. The fourth-order valence-corrected chi connectivity index (χ4v) is 2.32. The van der Waals surface area contributed by atoms with Gasteiger partial charge in [0.2, 0.25) is 0 Å². The van der Waals surface area contributed by atoms with Crippen molar-refractivity contribution >= 4 is 12.0 Å². The van der Waals surface area contributed by atoms with Gasteiger partial charge < -0.3 is 15.7 Å². The monoisotopic (exact) mass is 301 g/mol. The fourth-order valence-electron chi connectivity index (χ4n) is 2.32. The molecule has 6 heteroatoms. The molecule has 0 saturated heterocycles. The Morgan fingerprint density at radius 3 is 2.10 bits per heavy atom. The third-order valence-electron chi connectivity index (χ3n) is 3.57. The van der Waals surface area contributed by atoms with Gasteiger partial charge in [0.25, 0.3) is 0 Å². The summed E-state index contributed by atoms with van der Waals surface area (Å²) in [5.41, 5.74) is 0. The van der Waals surface area contributed by atoms with Gasteiger partial charge in [0.05, 0.1) is 0 Å². The Morgan fingerprint density at radius 1 is 1.10 bits per heavy atom. The molecule has 0 fully saturated rings. The van der Waals surface area contributed by atoms with Gasteiger partial charge in [0, 0.05) is 38.1 Å². The van der Waals surface area contributed by atoms with Crippen LogP contribution in [0.15, 0.2) is 0 Å². The van der Waals surface area contributed by atoms with Gasteiger partial charge in [-0.3, -0.25) is 9.69 Å². The first-order valence-electron chi connectivity index (χ1n) is 7.77. The van der Waals surface area contributed by atoms with E-state index in [1.54, 1.807) is 0 Å². The third-order valence-corrected chi connectivity index (χ3v) is 3.57. The highest BCUT2D eigenvalue weighted by Gasteiger charge is 2.14. The van der Waals surface area contributed by atoms with Crippen molar-refractivity contribution in [2.75, 3.05) is 19.6 Å². The topological polar surface area (TPSA) is 81.7 Å². The van der Waals surface area contributed by atoms with E-state index in [2.05, 4.69) is 43.2 Å². The van der Waals surface area contributed by atoms with Crippen molar-refractivity contribution in [2.45, 2.75) is 59.5 Å². The molecule has 0 aliphatic carbocycles. The highest BCUT2D eigenvalue weighted by Crippen LogP contribution is 2.06. The lowest BCUT2D eigenvalue weighted by Gasteiger charge is -2.30. The van der Waals surface area contributed by atoms with Crippen molar-refractivity contribution in [1.82, 2.24) is 15.5 Å². The molecule has 0 heterocycles. The second-order valence-electron chi connectivity index (χ2n) is 5.93. The molecule has 124 valence electrons. The zero-order valence-electron chi connectivity index (χ0n) is 14.0. The number of hydrogen-bond donors (Lipinski definition) is 3. The number of rotatable bonds is 10. The van der Waals surface area contributed by atoms with Crippen molar-refractivity contribution in [3.8, 4) is 0 Å². The van der Waals surface area contributed by atoms with E-state index in [0.717, 1.165) is 13.0 Å². The van der Waals surface area contributed by atoms with E-state index in [0.29, 0.717) is 25.2 Å². The Bertz CT molecular complexity index is 311. The summed E-state index contributed by atoms with van der Waals surface area (Å²) in [6.07, 6.45) is 0.826. The van der Waals surface area contributed by atoms with E-state index in [1.807, 2.05) is 6.92 Å². The van der Waals surface area contributed by atoms with Crippen molar-refractivity contribution in [2.24, 2.45) is 5.92 Å². The second-order valence-corrected chi connectivity index (χ2v) is 5.93. The van der Waals surface area contributed by atoms with Crippen LogP contribution in [0.1, 0.15) is 47.5 Å². The molecule has 0 aromatic heterocycles. The molecule has 0 aromatic carbocycles. The first-order valence-corrected chi connectivity index (χ1v) is 7.77. The van der Waals surface area contributed by atoms with E-state index in [-0.39, 0.29) is 18.4 Å². The van der Waals surface area contributed by atoms with Gasteiger partial charge in [-0.15, -0.1) is 0 Å². The van der Waals surface area contributed by atoms with Crippen LogP contribution in [0.4, 0.5) is 4.79 Å². The van der Waals surface area contributed by atoms with Crippen molar-refractivity contribution in [3.05, 3.63) is 0 Å². The molecule has 0 spiro atoms. The van der Waals surface area contributed by atoms with Crippen LogP contribution in [0.3, 0.4) is 0 Å². The predicted molar refractivity (Wildman–Crippen MR) is 84.4 cm³/mol. The molecule has 0 aliphatic rings. The first kappa shape index (κ1) is 19.7. The van der Waals surface area contributed by atoms with Gasteiger partial charge in [-0.05, 0) is 33.6 Å². The second kappa shape index (κ2) is 10.4. The van der Waals surface area contributed by atoms with E-state index in [1.165, 1.54) is 0 Å². The number of amides is 2. The van der Waals surface area contributed by atoms with Gasteiger partial charge in [-0.25, -0.2) is 4.79 Å². The summed E-state index contributed by atoms with van der Waals surface area (Å²) in [5.74, 6) is -0.843. The van der Waals surface area contributed by atoms with E-state index >= 15 is 0 Å². The van der Waals surface area contributed by atoms with Gasteiger partial charge in [0.1, 0.15) is 0 Å². The molecule has 21 heavy (non-hydrogen) atoms. The van der Waals surface area contributed by atoms with Gasteiger partial charge in [-0.2, -0.15) is 0 Å². The van der Waals surface area contributed by atoms with Crippen LogP contribution in [-0.4, -0.2) is 53.7 Å². The molecule has 6 nitrogen and oxygen atoms in total. The zero-order chi connectivity index (χ0) is 16.4. The maximum atomic E-state index is 11.7. The van der Waals surface area contributed by atoms with Crippen molar-refractivity contribution in [1.29, 1.82) is 0 Å². The highest BCUT2D eigenvalue weighted by atomic mass is 16.4. The van der Waals surface area contributed by atoms with Crippen LogP contribution >= 0.6 is 0 Å². The smallest absolute Gasteiger partial charge is 0.314 e. The summed E-state index contributed by atoms with van der Waals surface area (Å²) in [7, 11) is 0. The number of hydrogen-bond acceptors (Lipinski definition) is 3. The largest absolute Gasteiger partial charge is 0.481 e. The predicted octanol–water partition coefficient (Wildman–Crippen LogP) is 1.91. The normalized spacial score (nSPS) is 12.8. The lowest BCUT2D eigenvalue weighted by Crippen LogP contribution is -2.45. The molecule has 3 N–H and O–H groups in total. The van der Waals surface area contributed by atoms with Crippen LogP contribution in [0.2, 0.25) is 0 Å². The Hall–Kier alpha value is -1.30. The Morgan fingerprint density at radius 2 is 1.67 bits per heavy atom. The molecule has 0 rings (SSSR count). The molecule has 0 aromatic rings. The number of carbonyl (C=O) groups is 2. The minimum Gasteiger partial charge on any atom is -0.481 e. The van der Waals surface area contributed by atoms with Crippen LogP contribution < -0.4 is 10.6 Å². The minimum atomic E-state index is -0.825. The molecular formula is C15H31N3O3. The zero-order valence-corrected chi connectivity index (χ0v) is 14.0. The van der Waals surface area contributed by atoms with Crippen LogP contribution in [-0.2, 0) is 4.79 Å². The first-order chi connectivity index (χ1) is 9.77. The number of urea groups is 1. The standard InChI is InChI=1S/C15H31N3O3/c1-6-13(9-14(19)20)10-17-15(21)16-7-8-18(11(2)3)12(4)5/h11-13H,6-10H2,1-5H3,(H,19,20)(H2,16,17,21). The summed E-state index contributed by atoms with van der Waals surface area (Å²) < 4.78 is 0. The van der Waals surface area contributed by atoms with Crippen LogP contribution in [0, 0.1) is 5.92 Å². The number of carboxylic acids is 1.